The Hall–Kier alpha value is -0.880. The summed E-state index contributed by atoms with van der Waals surface area (Å²) >= 11 is 0. The molecule has 0 aliphatic rings. The lowest BCUT2D eigenvalue weighted by Crippen LogP contribution is -2.47. The second-order valence-corrected chi connectivity index (χ2v) is 3.65. The highest BCUT2D eigenvalue weighted by Crippen LogP contribution is 2.25. The van der Waals surface area contributed by atoms with Crippen molar-refractivity contribution in [3.8, 4) is 0 Å². The van der Waals surface area contributed by atoms with Gasteiger partial charge in [-0.1, -0.05) is 5.11 Å². The van der Waals surface area contributed by atoms with E-state index < -0.39 is 24.1 Å². The Kier molecular flexibility index (Phi) is 6.28. The number of aliphatic hydroxyl groups excluding tert-OH is 1. The standard InChI is InChI=1S/C9H18FN3O3/c1-6(14)7(2)16-9(5-15-4,8(3)10)12-13-11/h6-8,14H,5H2,1-4H3/t6-,7+,8+,9-/m1/s1. The van der Waals surface area contributed by atoms with Crippen molar-refractivity contribution in [2.75, 3.05) is 13.7 Å². The molecule has 0 aromatic rings. The highest BCUT2D eigenvalue weighted by molar-refractivity contribution is 4.86. The Morgan fingerprint density at radius 3 is 2.38 bits per heavy atom. The molecule has 0 rings (SSSR count). The molecule has 0 bridgehead atoms. The molecule has 1 N–H and O–H groups in total. The van der Waals surface area contributed by atoms with Crippen LogP contribution in [0.1, 0.15) is 20.8 Å². The number of alkyl halides is 1. The first-order valence-electron chi connectivity index (χ1n) is 4.94. The second kappa shape index (κ2) is 6.65. The molecule has 4 atom stereocenters. The van der Waals surface area contributed by atoms with E-state index in [1.54, 1.807) is 6.92 Å². The van der Waals surface area contributed by atoms with E-state index in [9.17, 15) is 9.50 Å². The number of aliphatic hydroxyl groups is 1. The molecular weight excluding hydrogens is 217 g/mol. The summed E-state index contributed by atoms with van der Waals surface area (Å²) in [7, 11) is 1.35. The topological polar surface area (TPSA) is 87.5 Å². The average Bonchev–Trinajstić information content (AvgIpc) is 2.17. The van der Waals surface area contributed by atoms with Crippen LogP contribution in [0, 0.1) is 0 Å². The Bertz CT molecular complexity index is 256. The van der Waals surface area contributed by atoms with Gasteiger partial charge in [-0.15, -0.1) is 0 Å². The fraction of sp³-hybridized carbons (Fsp3) is 1.00. The summed E-state index contributed by atoms with van der Waals surface area (Å²) < 4.78 is 23.5. The van der Waals surface area contributed by atoms with E-state index in [1.807, 2.05) is 0 Å². The minimum atomic E-state index is -1.74. The molecule has 0 amide bonds. The molecule has 94 valence electrons. The predicted octanol–water partition coefficient (Wildman–Crippen LogP) is 1.78. The summed E-state index contributed by atoms with van der Waals surface area (Å²) in [6.45, 7) is 4.06. The van der Waals surface area contributed by atoms with Gasteiger partial charge in [0, 0.05) is 12.0 Å². The molecule has 0 unspecified atom stereocenters. The molecule has 0 aliphatic heterocycles. The summed E-state index contributed by atoms with van der Waals surface area (Å²) in [6.07, 6.45) is -3.02. The van der Waals surface area contributed by atoms with Crippen LogP contribution in [0.25, 0.3) is 10.4 Å². The van der Waals surface area contributed by atoms with Gasteiger partial charge in [0.05, 0.1) is 18.8 Å². The third-order valence-electron chi connectivity index (χ3n) is 2.26. The quantitative estimate of drug-likeness (QED) is 0.414. The molecule has 0 aromatic heterocycles. The predicted molar refractivity (Wildman–Crippen MR) is 56.6 cm³/mol. The molecule has 0 heterocycles. The minimum Gasteiger partial charge on any atom is -0.391 e. The van der Waals surface area contributed by atoms with E-state index in [2.05, 4.69) is 10.0 Å². The molecule has 7 heteroatoms. The molecule has 6 nitrogen and oxygen atoms in total. The van der Waals surface area contributed by atoms with Gasteiger partial charge in [0.15, 0.2) is 0 Å². The summed E-state index contributed by atoms with van der Waals surface area (Å²) in [6, 6.07) is 0. The molecule has 0 aliphatic carbocycles. The molecule has 0 spiro atoms. The third kappa shape index (κ3) is 3.94. The van der Waals surface area contributed by atoms with Crippen LogP contribution in [-0.4, -0.2) is 42.9 Å². The van der Waals surface area contributed by atoms with Crippen molar-refractivity contribution in [1.29, 1.82) is 0 Å². The third-order valence-corrected chi connectivity index (χ3v) is 2.26. The van der Waals surface area contributed by atoms with Gasteiger partial charge in [0.2, 0.25) is 5.72 Å². The van der Waals surface area contributed by atoms with Crippen molar-refractivity contribution in [3.05, 3.63) is 10.4 Å². The van der Waals surface area contributed by atoms with Crippen molar-refractivity contribution >= 4 is 0 Å². The number of halogens is 1. The lowest BCUT2D eigenvalue weighted by Gasteiger charge is -2.33. The largest absolute Gasteiger partial charge is 0.391 e. The molecule has 16 heavy (non-hydrogen) atoms. The molecular formula is C9H18FN3O3. The van der Waals surface area contributed by atoms with Crippen LogP contribution in [-0.2, 0) is 9.47 Å². The minimum absolute atomic E-state index is 0.216. The van der Waals surface area contributed by atoms with Crippen molar-refractivity contribution in [1.82, 2.24) is 0 Å². The molecule has 0 saturated carbocycles. The maximum Gasteiger partial charge on any atom is 0.201 e. The monoisotopic (exact) mass is 235 g/mol. The average molecular weight is 235 g/mol. The zero-order valence-electron chi connectivity index (χ0n) is 9.92. The Labute approximate surface area is 94.0 Å². The first-order chi connectivity index (χ1) is 7.39. The second-order valence-electron chi connectivity index (χ2n) is 3.65. The van der Waals surface area contributed by atoms with Crippen molar-refractivity contribution in [3.63, 3.8) is 0 Å². The van der Waals surface area contributed by atoms with Crippen LogP contribution in [0.5, 0.6) is 0 Å². The Morgan fingerprint density at radius 2 is 2.06 bits per heavy atom. The zero-order valence-corrected chi connectivity index (χ0v) is 9.92. The van der Waals surface area contributed by atoms with Gasteiger partial charge in [0.25, 0.3) is 0 Å². The summed E-state index contributed by atoms with van der Waals surface area (Å²) in [5.41, 5.74) is 6.69. The smallest absolute Gasteiger partial charge is 0.201 e. The summed E-state index contributed by atoms with van der Waals surface area (Å²) in [5.74, 6) is 0. The van der Waals surface area contributed by atoms with Crippen LogP contribution in [0.2, 0.25) is 0 Å². The van der Waals surface area contributed by atoms with E-state index in [1.165, 1.54) is 21.0 Å². The van der Waals surface area contributed by atoms with E-state index in [-0.39, 0.29) is 6.61 Å². The van der Waals surface area contributed by atoms with Crippen LogP contribution in [0.4, 0.5) is 4.39 Å². The van der Waals surface area contributed by atoms with Crippen LogP contribution >= 0.6 is 0 Å². The van der Waals surface area contributed by atoms with Crippen molar-refractivity contribution in [2.24, 2.45) is 5.11 Å². The van der Waals surface area contributed by atoms with Gasteiger partial charge in [-0.25, -0.2) is 4.39 Å². The molecule has 0 radical (unpaired) electrons. The van der Waals surface area contributed by atoms with Gasteiger partial charge in [0.1, 0.15) is 6.17 Å². The van der Waals surface area contributed by atoms with E-state index in [4.69, 9.17) is 15.0 Å². The van der Waals surface area contributed by atoms with Gasteiger partial charge in [-0.2, -0.15) is 0 Å². The fourth-order valence-electron chi connectivity index (χ4n) is 1.08. The van der Waals surface area contributed by atoms with E-state index >= 15 is 0 Å². The van der Waals surface area contributed by atoms with Crippen LogP contribution in [0.15, 0.2) is 5.11 Å². The number of hydrogen-bond donors (Lipinski definition) is 1. The van der Waals surface area contributed by atoms with Crippen LogP contribution < -0.4 is 0 Å². The first-order valence-corrected chi connectivity index (χ1v) is 4.94. The Morgan fingerprint density at radius 1 is 1.50 bits per heavy atom. The highest BCUT2D eigenvalue weighted by Gasteiger charge is 2.39. The van der Waals surface area contributed by atoms with Gasteiger partial charge < -0.3 is 14.6 Å². The lowest BCUT2D eigenvalue weighted by atomic mass is 10.1. The first kappa shape index (κ1) is 15.1. The molecule has 0 fully saturated rings. The number of azide groups is 1. The molecule has 0 aromatic carbocycles. The fourth-order valence-corrected chi connectivity index (χ4v) is 1.08. The maximum atomic E-state index is 13.5. The van der Waals surface area contributed by atoms with Crippen molar-refractivity contribution in [2.45, 2.75) is 44.9 Å². The maximum absolute atomic E-state index is 13.5. The van der Waals surface area contributed by atoms with E-state index in [0.717, 1.165) is 0 Å². The van der Waals surface area contributed by atoms with Crippen LogP contribution in [0.3, 0.4) is 0 Å². The molecule has 0 saturated heterocycles. The van der Waals surface area contributed by atoms with Gasteiger partial charge >= 0.3 is 0 Å². The van der Waals surface area contributed by atoms with Gasteiger partial charge in [-0.3, -0.25) is 0 Å². The number of methoxy groups -OCH3 is 1. The summed E-state index contributed by atoms with van der Waals surface area (Å²) in [4.78, 5) is 2.56. The van der Waals surface area contributed by atoms with Gasteiger partial charge in [-0.05, 0) is 26.3 Å². The SMILES string of the molecule is COC[C@@](N=[N+]=[N-])(O[C@@H](C)[C@@H](C)O)[C@H](C)F. The number of hydrogen-bond acceptors (Lipinski definition) is 4. The van der Waals surface area contributed by atoms with E-state index in [0.29, 0.717) is 0 Å². The lowest BCUT2D eigenvalue weighted by molar-refractivity contribution is -0.172. The zero-order chi connectivity index (χ0) is 12.8. The normalized spacial score (nSPS) is 20.4. The highest BCUT2D eigenvalue weighted by atomic mass is 19.1. The Balaban J connectivity index is 4.95. The number of rotatable bonds is 7. The number of ether oxygens (including phenoxy) is 2. The summed E-state index contributed by atoms with van der Waals surface area (Å²) in [5, 5.41) is 12.6. The number of nitrogens with zero attached hydrogens (tertiary/aromatic N) is 3. The van der Waals surface area contributed by atoms with Crippen molar-refractivity contribution < 1.29 is 19.0 Å².